The molecule has 1 fully saturated rings. The standard InChI is InChI=1S/C19H26FN3/c1-14(2)12-19(9-10-19)13-21-18(17-8-11-23(3)22-17)15-4-6-16(20)7-5-15/h4-8,11,14,18,21H,9-10,12-13H2,1-3H3/t18-/m0/s1. The van der Waals surface area contributed by atoms with Gasteiger partial charge in [0.1, 0.15) is 5.82 Å². The third kappa shape index (κ3) is 3.99. The normalized spacial score (nSPS) is 17.4. The fourth-order valence-electron chi connectivity index (χ4n) is 3.45. The lowest BCUT2D eigenvalue weighted by molar-refractivity contribution is 0.355. The van der Waals surface area contributed by atoms with Gasteiger partial charge in [-0.1, -0.05) is 26.0 Å². The van der Waals surface area contributed by atoms with Crippen LogP contribution < -0.4 is 5.32 Å². The smallest absolute Gasteiger partial charge is 0.123 e. The number of rotatable bonds is 7. The highest BCUT2D eigenvalue weighted by Crippen LogP contribution is 2.50. The number of nitrogens with zero attached hydrogens (tertiary/aromatic N) is 2. The molecular weight excluding hydrogens is 289 g/mol. The quantitative estimate of drug-likeness (QED) is 0.835. The molecule has 3 nitrogen and oxygen atoms in total. The van der Waals surface area contributed by atoms with Crippen LogP contribution in [-0.4, -0.2) is 16.3 Å². The van der Waals surface area contributed by atoms with Gasteiger partial charge < -0.3 is 5.32 Å². The Kier molecular flexibility index (Phi) is 4.53. The summed E-state index contributed by atoms with van der Waals surface area (Å²) in [5, 5.41) is 8.25. The molecule has 0 unspecified atom stereocenters. The van der Waals surface area contributed by atoms with Crippen molar-refractivity contribution in [3.63, 3.8) is 0 Å². The number of benzene rings is 1. The van der Waals surface area contributed by atoms with E-state index < -0.39 is 0 Å². The number of hydrogen-bond donors (Lipinski definition) is 1. The van der Waals surface area contributed by atoms with E-state index in [9.17, 15) is 4.39 Å². The lowest BCUT2D eigenvalue weighted by Gasteiger charge is -2.23. The fourth-order valence-corrected chi connectivity index (χ4v) is 3.45. The Labute approximate surface area is 137 Å². The monoisotopic (exact) mass is 315 g/mol. The van der Waals surface area contributed by atoms with Gasteiger partial charge in [-0.2, -0.15) is 5.10 Å². The topological polar surface area (TPSA) is 29.9 Å². The molecule has 2 aromatic rings. The molecule has 124 valence electrons. The van der Waals surface area contributed by atoms with Crippen molar-refractivity contribution in [1.29, 1.82) is 0 Å². The Morgan fingerprint density at radius 2 is 1.91 bits per heavy atom. The summed E-state index contributed by atoms with van der Waals surface area (Å²) in [5.41, 5.74) is 2.49. The molecule has 1 atom stereocenters. The first-order chi connectivity index (χ1) is 11.0. The molecule has 0 bridgehead atoms. The van der Waals surface area contributed by atoms with E-state index in [4.69, 9.17) is 0 Å². The summed E-state index contributed by atoms with van der Waals surface area (Å²) in [7, 11) is 1.92. The predicted molar refractivity (Wildman–Crippen MR) is 90.6 cm³/mol. The second kappa shape index (κ2) is 6.44. The molecule has 1 saturated carbocycles. The first-order valence-corrected chi connectivity index (χ1v) is 8.46. The van der Waals surface area contributed by atoms with E-state index in [2.05, 4.69) is 24.3 Å². The largest absolute Gasteiger partial charge is 0.304 e. The fraction of sp³-hybridized carbons (Fsp3) is 0.526. The molecule has 0 spiro atoms. The van der Waals surface area contributed by atoms with E-state index >= 15 is 0 Å². The van der Waals surface area contributed by atoms with Crippen molar-refractivity contribution < 1.29 is 4.39 Å². The average molecular weight is 315 g/mol. The Morgan fingerprint density at radius 3 is 2.43 bits per heavy atom. The van der Waals surface area contributed by atoms with E-state index in [0.29, 0.717) is 5.41 Å². The summed E-state index contributed by atoms with van der Waals surface area (Å²) in [6.45, 7) is 5.57. The minimum Gasteiger partial charge on any atom is -0.304 e. The van der Waals surface area contributed by atoms with Crippen LogP contribution in [0.5, 0.6) is 0 Å². The van der Waals surface area contributed by atoms with E-state index in [1.165, 1.54) is 31.4 Å². The van der Waals surface area contributed by atoms with Gasteiger partial charge in [0.15, 0.2) is 0 Å². The van der Waals surface area contributed by atoms with Crippen LogP contribution in [0, 0.1) is 17.2 Å². The van der Waals surface area contributed by atoms with Gasteiger partial charge in [0, 0.05) is 19.8 Å². The molecule has 3 rings (SSSR count). The molecule has 23 heavy (non-hydrogen) atoms. The molecule has 1 heterocycles. The van der Waals surface area contributed by atoms with Gasteiger partial charge in [-0.15, -0.1) is 0 Å². The summed E-state index contributed by atoms with van der Waals surface area (Å²) in [6, 6.07) is 8.79. The van der Waals surface area contributed by atoms with Crippen LogP contribution in [0.2, 0.25) is 0 Å². The zero-order valence-corrected chi connectivity index (χ0v) is 14.2. The molecule has 4 heteroatoms. The van der Waals surface area contributed by atoms with Crippen molar-refractivity contribution in [2.45, 2.75) is 39.2 Å². The van der Waals surface area contributed by atoms with Crippen LogP contribution in [0.1, 0.15) is 50.4 Å². The van der Waals surface area contributed by atoms with Crippen molar-refractivity contribution in [1.82, 2.24) is 15.1 Å². The van der Waals surface area contributed by atoms with E-state index in [1.54, 1.807) is 0 Å². The third-order valence-electron chi connectivity index (χ3n) is 4.71. The molecule has 1 aliphatic carbocycles. The maximum Gasteiger partial charge on any atom is 0.123 e. The van der Waals surface area contributed by atoms with E-state index in [1.807, 2.05) is 36.1 Å². The lowest BCUT2D eigenvalue weighted by Crippen LogP contribution is -2.30. The first-order valence-electron chi connectivity index (χ1n) is 8.46. The predicted octanol–water partition coefficient (Wildman–Crippen LogP) is 4.06. The van der Waals surface area contributed by atoms with Crippen molar-refractivity contribution in [3.05, 3.63) is 53.6 Å². The molecule has 0 radical (unpaired) electrons. The van der Waals surface area contributed by atoms with Crippen molar-refractivity contribution >= 4 is 0 Å². The number of nitrogens with one attached hydrogen (secondary N) is 1. The van der Waals surface area contributed by atoms with Crippen LogP contribution >= 0.6 is 0 Å². The molecular formula is C19H26FN3. The van der Waals surface area contributed by atoms with Crippen molar-refractivity contribution in [2.75, 3.05) is 6.54 Å². The van der Waals surface area contributed by atoms with Crippen LogP contribution in [-0.2, 0) is 7.05 Å². The Hall–Kier alpha value is -1.68. The van der Waals surface area contributed by atoms with Gasteiger partial charge in [-0.05, 0) is 54.4 Å². The molecule has 1 aromatic carbocycles. The molecule has 1 aliphatic rings. The minimum atomic E-state index is -0.202. The maximum atomic E-state index is 13.2. The highest BCUT2D eigenvalue weighted by molar-refractivity contribution is 5.27. The molecule has 1 aromatic heterocycles. The van der Waals surface area contributed by atoms with Gasteiger partial charge in [0.05, 0.1) is 11.7 Å². The average Bonchev–Trinajstić information content (AvgIpc) is 3.11. The Balaban J connectivity index is 1.77. The molecule has 0 saturated heterocycles. The van der Waals surface area contributed by atoms with Gasteiger partial charge in [-0.25, -0.2) is 4.39 Å². The van der Waals surface area contributed by atoms with Gasteiger partial charge in [0.2, 0.25) is 0 Å². The number of halogens is 1. The lowest BCUT2D eigenvalue weighted by atomic mass is 9.93. The summed E-state index contributed by atoms with van der Waals surface area (Å²) in [5.74, 6) is 0.519. The second-order valence-corrected chi connectivity index (χ2v) is 7.38. The van der Waals surface area contributed by atoms with E-state index in [0.717, 1.165) is 23.7 Å². The number of aryl methyl sites for hydroxylation is 1. The Morgan fingerprint density at radius 1 is 1.22 bits per heavy atom. The summed E-state index contributed by atoms with van der Waals surface area (Å²) < 4.78 is 15.1. The Bertz CT molecular complexity index is 641. The SMILES string of the molecule is CC(C)CC1(CN[C@@H](c2ccc(F)cc2)c2ccn(C)n2)CC1. The highest BCUT2D eigenvalue weighted by Gasteiger charge is 2.42. The highest BCUT2D eigenvalue weighted by atomic mass is 19.1. The zero-order chi connectivity index (χ0) is 16.4. The molecule has 0 amide bonds. The van der Waals surface area contributed by atoms with Crippen LogP contribution in [0.15, 0.2) is 36.5 Å². The third-order valence-corrected chi connectivity index (χ3v) is 4.71. The van der Waals surface area contributed by atoms with Gasteiger partial charge >= 0.3 is 0 Å². The van der Waals surface area contributed by atoms with Gasteiger partial charge in [-0.3, -0.25) is 4.68 Å². The number of aromatic nitrogens is 2. The summed E-state index contributed by atoms with van der Waals surface area (Å²) in [6.07, 6.45) is 5.82. The second-order valence-electron chi connectivity index (χ2n) is 7.38. The van der Waals surface area contributed by atoms with Crippen LogP contribution in [0.25, 0.3) is 0 Å². The van der Waals surface area contributed by atoms with E-state index in [-0.39, 0.29) is 11.9 Å². The first kappa shape index (κ1) is 16.2. The summed E-state index contributed by atoms with van der Waals surface area (Å²) in [4.78, 5) is 0. The molecule has 0 aliphatic heterocycles. The maximum absolute atomic E-state index is 13.2. The summed E-state index contributed by atoms with van der Waals surface area (Å²) >= 11 is 0. The minimum absolute atomic E-state index is 0.0152. The number of hydrogen-bond acceptors (Lipinski definition) is 2. The van der Waals surface area contributed by atoms with Crippen molar-refractivity contribution in [3.8, 4) is 0 Å². The van der Waals surface area contributed by atoms with Gasteiger partial charge in [0.25, 0.3) is 0 Å². The van der Waals surface area contributed by atoms with Crippen molar-refractivity contribution in [2.24, 2.45) is 18.4 Å². The zero-order valence-electron chi connectivity index (χ0n) is 14.2. The molecule has 1 N–H and O–H groups in total. The van der Waals surface area contributed by atoms with Crippen LogP contribution in [0.4, 0.5) is 4.39 Å². The van der Waals surface area contributed by atoms with Crippen LogP contribution in [0.3, 0.4) is 0 Å².